The summed E-state index contributed by atoms with van der Waals surface area (Å²) in [6, 6.07) is 10.6. The highest BCUT2D eigenvalue weighted by Gasteiger charge is 2.36. The molecule has 8 nitrogen and oxygen atoms in total. The summed E-state index contributed by atoms with van der Waals surface area (Å²) in [5.41, 5.74) is 3.20. The van der Waals surface area contributed by atoms with Crippen molar-refractivity contribution in [2.45, 2.75) is 50.5 Å². The number of amides is 1. The van der Waals surface area contributed by atoms with Gasteiger partial charge in [-0.05, 0) is 81.0 Å². The number of thiazole rings is 1. The molecule has 1 amide bonds. The lowest BCUT2D eigenvalue weighted by atomic mass is 9.96. The average Bonchev–Trinajstić information content (AvgIpc) is 3.57. The maximum Gasteiger partial charge on any atom is 0.243 e. The van der Waals surface area contributed by atoms with E-state index in [1.54, 1.807) is 47.6 Å². The number of carbonyl (C=O) groups is 1. The van der Waals surface area contributed by atoms with Crippen LogP contribution in [0.4, 0.5) is 5.13 Å². The Bertz CT molecular complexity index is 1370. The second kappa shape index (κ2) is 10.7. The van der Waals surface area contributed by atoms with Crippen LogP contribution in [0.5, 0.6) is 5.75 Å². The van der Waals surface area contributed by atoms with Crippen molar-refractivity contribution in [3.05, 3.63) is 47.5 Å². The van der Waals surface area contributed by atoms with E-state index < -0.39 is 10.0 Å². The summed E-state index contributed by atoms with van der Waals surface area (Å²) in [6.45, 7) is 5.91. The van der Waals surface area contributed by atoms with E-state index in [1.165, 1.54) is 4.31 Å². The minimum Gasteiger partial charge on any atom is -0.497 e. The molecule has 10 heteroatoms. The van der Waals surface area contributed by atoms with Crippen molar-refractivity contribution < 1.29 is 22.7 Å². The number of sulfonamides is 1. The van der Waals surface area contributed by atoms with E-state index in [-0.39, 0.29) is 22.8 Å². The van der Waals surface area contributed by atoms with Gasteiger partial charge in [0.05, 0.1) is 34.9 Å². The molecule has 0 radical (unpaired) electrons. The first-order valence-electron chi connectivity index (χ1n) is 12.7. The van der Waals surface area contributed by atoms with Gasteiger partial charge >= 0.3 is 0 Å². The Morgan fingerprint density at radius 3 is 2.54 bits per heavy atom. The van der Waals surface area contributed by atoms with Crippen LogP contribution in [0.15, 0.2) is 41.3 Å². The van der Waals surface area contributed by atoms with Crippen LogP contribution in [0, 0.1) is 19.8 Å². The highest BCUT2D eigenvalue weighted by Crippen LogP contribution is 2.35. The van der Waals surface area contributed by atoms with Gasteiger partial charge in [0, 0.05) is 25.6 Å². The molecular formula is C27H33N3O5S2. The summed E-state index contributed by atoms with van der Waals surface area (Å²) in [4.78, 5) is 20.8. The smallest absolute Gasteiger partial charge is 0.243 e. The lowest BCUT2D eigenvalue weighted by Gasteiger charge is -2.33. The minimum atomic E-state index is -3.63. The van der Waals surface area contributed by atoms with Crippen molar-refractivity contribution in [2.75, 3.05) is 38.3 Å². The SMILES string of the molecule is COc1ccc(S(=O)(=O)N2CCC(C(=O)N(CC3CCCO3)c3nc4cc(C)cc(C)c4s3)CC2)cc1. The third kappa shape index (κ3) is 5.38. The number of rotatable bonds is 7. The Hall–Kier alpha value is -2.53. The number of methoxy groups -OCH3 is 1. The van der Waals surface area contributed by atoms with Crippen molar-refractivity contribution in [1.29, 1.82) is 0 Å². The molecule has 0 bridgehead atoms. The molecule has 1 atom stereocenters. The topological polar surface area (TPSA) is 89.0 Å². The molecule has 2 aliphatic rings. The van der Waals surface area contributed by atoms with E-state index in [0.717, 1.165) is 34.2 Å². The first-order valence-corrected chi connectivity index (χ1v) is 15.0. The number of hydrogen-bond acceptors (Lipinski definition) is 7. The van der Waals surface area contributed by atoms with Gasteiger partial charge in [-0.15, -0.1) is 0 Å². The Morgan fingerprint density at radius 1 is 1.16 bits per heavy atom. The second-order valence-corrected chi connectivity index (χ2v) is 12.8. The monoisotopic (exact) mass is 543 g/mol. The van der Waals surface area contributed by atoms with Gasteiger partial charge in [-0.3, -0.25) is 9.69 Å². The Morgan fingerprint density at radius 2 is 1.89 bits per heavy atom. The van der Waals surface area contributed by atoms with Crippen molar-refractivity contribution in [2.24, 2.45) is 5.92 Å². The lowest BCUT2D eigenvalue weighted by Crippen LogP contribution is -2.46. The number of nitrogens with zero attached hydrogens (tertiary/aromatic N) is 3. The van der Waals surface area contributed by atoms with E-state index in [9.17, 15) is 13.2 Å². The average molecular weight is 544 g/mol. The van der Waals surface area contributed by atoms with Crippen LogP contribution >= 0.6 is 11.3 Å². The molecule has 1 unspecified atom stereocenters. The number of carbonyl (C=O) groups excluding carboxylic acids is 1. The van der Waals surface area contributed by atoms with Crippen molar-refractivity contribution in [3.63, 3.8) is 0 Å². The summed E-state index contributed by atoms with van der Waals surface area (Å²) in [5.74, 6) is 0.346. The van der Waals surface area contributed by atoms with E-state index in [0.29, 0.717) is 50.0 Å². The number of benzene rings is 2. The van der Waals surface area contributed by atoms with Gasteiger partial charge in [-0.25, -0.2) is 13.4 Å². The fourth-order valence-corrected chi connectivity index (χ4v) is 7.69. The third-order valence-corrected chi connectivity index (χ3v) is 10.4. The maximum absolute atomic E-state index is 13.9. The zero-order valence-corrected chi connectivity index (χ0v) is 23.1. The van der Waals surface area contributed by atoms with E-state index >= 15 is 0 Å². The number of ether oxygens (including phenoxy) is 2. The van der Waals surface area contributed by atoms with Gasteiger partial charge in [-0.1, -0.05) is 17.4 Å². The molecule has 198 valence electrons. The number of aryl methyl sites for hydroxylation is 2. The van der Waals surface area contributed by atoms with Gasteiger partial charge in [-0.2, -0.15) is 4.31 Å². The highest BCUT2D eigenvalue weighted by atomic mass is 32.2. The molecule has 37 heavy (non-hydrogen) atoms. The van der Waals surface area contributed by atoms with Crippen LogP contribution in [0.1, 0.15) is 36.8 Å². The quantitative estimate of drug-likeness (QED) is 0.435. The predicted octanol–water partition coefficient (Wildman–Crippen LogP) is 4.53. The molecule has 0 N–H and O–H groups in total. The number of fused-ring (bicyclic) bond motifs is 1. The molecule has 0 aliphatic carbocycles. The molecule has 2 fully saturated rings. The van der Waals surface area contributed by atoms with Crippen LogP contribution in [-0.2, 0) is 19.6 Å². The van der Waals surface area contributed by atoms with Crippen molar-refractivity contribution in [3.8, 4) is 5.75 Å². The molecule has 2 saturated heterocycles. The summed E-state index contributed by atoms with van der Waals surface area (Å²) in [5, 5.41) is 0.692. The molecule has 0 spiro atoms. The van der Waals surface area contributed by atoms with E-state index in [2.05, 4.69) is 26.0 Å². The van der Waals surface area contributed by atoms with E-state index in [4.69, 9.17) is 14.5 Å². The number of hydrogen-bond donors (Lipinski definition) is 0. The number of piperidine rings is 1. The van der Waals surface area contributed by atoms with Crippen molar-refractivity contribution in [1.82, 2.24) is 9.29 Å². The lowest BCUT2D eigenvalue weighted by molar-refractivity contribution is -0.123. The zero-order chi connectivity index (χ0) is 26.2. The molecular weight excluding hydrogens is 510 g/mol. The Labute approximate surface area is 222 Å². The molecule has 3 heterocycles. The maximum atomic E-state index is 13.9. The van der Waals surface area contributed by atoms with E-state index in [1.807, 2.05) is 0 Å². The highest BCUT2D eigenvalue weighted by molar-refractivity contribution is 7.89. The van der Waals surface area contributed by atoms with Gasteiger partial charge < -0.3 is 9.47 Å². The van der Waals surface area contributed by atoms with Gasteiger partial charge in [0.1, 0.15) is 5.75 Å². The fraction of sp³-hybridized carbons (Fsp3) is 0.481. The molecule has 2 aromatic carbocycles. The molecule has 1 aromatic heterocycles. The molecule has 2 aliphatic heterocycles. The summed E-state index contributed by atoms with van der Waals surface area (Å²) in [7, 11) is -2.09. The predicted molar refractivity (Wildman–Crippen MR) is 145 cm³/mol. The first-order chi connectivity index (χ1) is 17.8. The van der Waals surface area contributed by atoms with Gasteiger partial charge in [0.15, 0.2) is 5.13 Å². The zero-order valence-electron chi connectivity index (χ0n) is 21.5. The molecule has 5 rings (SSSR count). The fourth-order valence-electron chi connectivity index (χ4n) is 5.19. The number of aromatic nitrogens is 1. The van der Waals surface area contributed by atoms with Gasteiger partial charge in [0.2, 0.25) is 15.9 Å². The van der Waals surface area contributed by atoms with Crippen LogP contribution in [0.25, 0.3) is 10.2 Å². The second-order valence-electron chi connectivity index (χ2n) is 9.86. The summed E-state index contributed by atoms with van der Waals surface area (Å²) >= 11 is 1.54. The standard InChI is InChI=1S/C27H33N3O5S2/c1-18-15-19(2)25-24(16-18)28-27(36-25)30(17-22-5-4-14-35-22)26(31)20-10-12-29(13-11-20)37(32,33)23-8-6-21(34-3)7-9-23/h6-9,15-16,20,22H,4-5,10-14,17H2,1-3H3. The molecule has 3 aromatic rings. The van der Waals surface area contributed by atoms with Gasteiger partial charge in [0.25, 0.3) is 0 Å². The first kappa shape index (κ1) is 26.1. The van der Waals surface area contributed by atoms with Crippen LogP contribution in [0.2, 0.25) is 0 Å². The Kier molecular flexibility index (Phi) is 7.53. The summed E-state index contributed by atoms with van der Waals surface area (Å²) < 4.78 is 39.9. The molecule has 0 saturated carbocycles. The van der Waals surface area contributed by atoms with Crippen molar-refractivity contribution >= 4 is 42.6 Å². The van der Waals surface area contributed by atoms with Crippen LogP contribution in [0.3, 0.4) is 0 Å². The Balaban J connectivity index is 1.34. The largest absolute Gasteiger partial charge is 0.497 e. The third-order valence-electron chi connectivity index (χ3n) is 7.22. The van der Waals surface area contributed by atoms with Crippen LogP contribution < -0.4 is 9.64 Å². The van der Waals surface area contributed by atoms with Crippen LogP contribution in [-0.4, -0.2) is 63.1 Å². The number of anilines is 1. The minimum absolute atomic E-state index is 0.00502. The normalized spacial score (nSPS) is 19.4. The summed E-state index contributed by atoms with van der Waals surface area (Å²) in [6.07, 6.45) is 2.85.